The SMILES string of the molecule is COC(=O)N1CCc2c(nc(C)n2C2CCN(C(C)C[C@H](N)C3CCCCC3)CC2)C1. The predicted molar refractivity (Wildman–Crippen MR) is 122 cm³/mol. The number of carbonyl (C=O) groups is 1. The van der Waals surface area contributed by atoms with E-state index in [1.54, 1.807) is 4.90 Å². The Labute approximate surface area is 187 Å². The Morgan fingerprint density at radius 3 is 2.55 bits per heavy atom. The fraction of sp³-hybridized carbons (Fsp3) is 0.833. The highest BCUT2D eigenvalue weighted by molar-refractivity contribution is 5.67. The van der Waals surface area contributed by atoms with Crippen molar-refractivity contribution in [2.75, 3.05) is 26.7 Å². The van der Waals surface area contributed by atoms with Crippen LogP contribution >= 0.6 is 0 Å². The average Bonchev–Trinajstić information content (AvgIpc) is 3.13. The topological polar surface area (TPSA) is 76.6 Å². The van der Waals surface area contributed by atoms with E-state index in [1.165, 1.54) is 44.9 Å². The molecular weight excluding hydrogens is 390 g/mol. The molecule has 1 amide bonds. The molecule has 174 valence electrons. The lowest BCUT2D eigenvalue weighted by atomic mass is 9.82. The normalized spacial score (nSPS) is 23.4. The van der Waals surface area contributed by atoms with Gasteiger partial charge < -0.3 is 24.8 Å². The monoisotopic (exact) mass is 431 g/mol. The highest BCUT2D eigenvalue weighted by atomic mass is 16.5. The van der Waals surface area contributed by atoms with E-state index in [4.69, 9.17) is 15.5 Å². The van der Waals surface area contributed by atoms with Crippen molar-refractivity contribution >= 4 is 6.09 Å². The number of imidazole rings is 1. The molecule has 0 bridgehead atoms. The van der Waals surface area contributed by atoms with Crippen LogP contribution in [0.25, 0.3) is 0 Å². The molecule has 1 aromatic heterocycles. The Hall–Kier alpha value is -1.60. The van der Waals surface area contributed by atoms with Gasteiger partial charge in [-0.1, -0.05) is 19.3 Å². The lowest BCUT2D eigenvalue weighted by molar-refractivity contribution is 0.115. The third-order valence-electron chi connectivity index (χ3n) is 8.02. The quantitative estimate of drug-likeness (QED) is 0.770. The van der Waals surface area contributed by atoms with Crippen molar-refractivity contribution in [3.8, 4) is 0 Å². The molecule has 0 aromatic carbocycles. The number of rotatable bonds is 5. The number of nitrogens with two attached hydrogens (primary N) is 1. The number of amides is 1. The van der Waals surface area contributed by atoms with Gasteiger partial charge in [-0.3, -0.25) is 0 Å². The van der Waals surface area contributed by atoms with Crippen LogP contribution in [-0.4, -0.2) is 64.3 Å². The minimum atomic E-state index is -0.258. The molecule has 2 aliphatic heterocycles. The first kappa shape index (κ1) is 22.6. The van der Waals surface area contributed by atoms with E-state index in [2.05, 4.69) is 23.3 Å². The molecule has 1 saturated carbocycles. The summed E-state index contributed by atoms with van der Waals surface area (Å²) in [5, 5.41) is 0. The van der Waals surface area contributed by atoms with Crippen molar-refractivity contribution in [2.45, 2.75) is 96.3 Å². The molecule has 1 saturated heterocycles. The van der Waals surface area contributed by atoms with Gasteiger partial charge in [-0.2, -0.15) is 0 Å². The van der Waals surface area contributed by atoms with Gasteiger partial charge in [0.15, 0.2) is 0 Å². The number of aromatic nitrogens is 2. The molecule has 2 atom stereocenters. The van der Waals surface area contributed by atoms with Crippen LogP contribution in [0.5, 0.6) is 0 Å². The van der Waals surface area contributed by atoms with Crippen LogP contribution in [0.15, 0.2) is 0 Å². The fourth-order valence-electron chi connectivity index (χ4n) is 6.19. The zero-order valence-electron chi connectivity index (χ0n) is 19.7. The highest BCUT2D eigenvalue weighted by Gasteiger charge is 2.32. The smallest absolute Gasteiger partial charge is 0.409 e. The molecule has 4 rings (SSSR count). The number of aryl methyl sites for hydroxylation is 1. The summed E-state index contributed by atoms with van der Waals surface area (Å²) < 4.78 is 7.37. The molecule has 2 fully saturated rings. The van der Waals surface area contributed by atoms with Gasteiger partial charge >= 0.3 is 6.09 Å². The number of methoxy groups -OCH3 is 1. The summed E-state index contributed by atoms with van der Waals surface area (Å²) in [4.78, 5) is 21.1. The second-order valence-corrected chi connectivity index (χ2v) is 9.98. The summed E-state index contributed by atoms with van der Waals surface area (Å²) in [7, 11) is 1.44. The molecule has 3 heterocycles. The maximum Gasteiger partial charge on any atom is 0.409 e. The van der Waals surface area contributed by atoms with Crippen molar-refractivity contribution in [1.82, 2.24) is 19.4 Å². The number of hydrogen-bond donors (Lipinski definition) is 1. The van der Waals surface area contributed by atoms with Crippen molar-refractivity contribution < 1.29 is 9.53 Å². The zero-order chi connectivity index (χ0) is 22.0. The van der Waals surface area contributed by atoms with Gasteiger partial charge in [0, 0.05) is 49.9 Å². The van der Waals surface area contributed by atoms with Gasteiger partial charge in [-0.05, 0) is 51.9 Å². The maximum atomic E-state index is 11.9. The van der Waals surface area contributed by atoms with Crippen molar-refractivity contribution in [3.05, 3.63) is 17.2 Å². The fourth-order valence-corrected chi connectivity index (χ4v) is 6.19. The predicted octanol–water partition coefficient (Wildman–Crippen LogP) is 3.64. The van der Waals surface area contributed by atoms with Gasteiger partial charge in [0.25, 0.3) is 0 Å². The summed E-state index contributed by atoms with van der Waals surface area (Å²) in [6.07, 6.45) is 10.8. The standard InChI is InChI=1S/C24H41N5O2/c1-17(15-21(25)19-7-5-4-6-8-19)27-12-9-20(10-13-27)29-18(2)26-22-16-28(24(30)31-3)14-11-23(22)29/h17,19-21H,4-16,25H2,1-3H3/t17?,21-/m0/s1. The van der Waals surface area contributed by atoms with Gasteiger partial charge in [0.05, 0.1) is 19.3 Å². The molecule has 3 aliphatic rings. The lowest BCUT2D eigenvalue weighted by Crippen LogP contribution is -2.45. The van der Waals surface area contributed by atoms with E-state index in [0.717, 1.165) is 56.2 Å². The van der Waals surface area contributed by atoms with E-state index in [1.807, 2.05) is 0 Å². The highest BCUT2D eigenvalue weighted by Crippen LogP contribution is 2.32. The Morgan fingerprint density at radius 2 is 1.87 bits per heavy atom. The molecule has 0 radical (unpaired) electrons. The van der Waals surface area contributed by atoms with Gasteiger partial charge in [-0.25, -0.2) is 9.78 Å². The van der Waals surface area contributed by atoms with Gasteiger partial charge in [0.1, 0.15) is 5.82 Å². The number of piperidine rings is 1. The van der Waals surface area contributed by atoms with E-state index < -0.39 is 0 Å². The second-order valence-electron chi connectivity index (χ2n) is 9.98. The third kappa shape index (κ3) is 4.92. The first-order valence-electron chi connectivity index (χ1n) is 12.4. The van der Waals surface area contributed by atoms with Crippen LogP contribution in [0.2, 0.25) is 0 Å². The van der Waals surface area contributed by atoms with Gasteiger partial charge in [0.2, 0.25) is 0 Å². The molecule has 1 aliphatic carbocycles. The van der Waals surface area contributed by atoms with Crippen LogP contribution in [0.1, 0.15) is 81.5 Å². The van der Waals surface area contributed by atoms with E-state index in [-0.39, 0.29) is 6.09 Å². The Kier molecular flexibility index (Phi) is 7.22. The minimum absolute atomic E-state index is 0.258. The van der Waals surface area contributed by atoms with Crippen LogP contribution < -0.4 is 5.73 Å². The maximum absolute atomic E-state index is 11.9. The average molecular weight is 432 g/mol. The molecule has 1 aromatic rings. The van der Waals surface area contributed by atoms with Crippen LogP contribution in [0, 0.1) is 12.8 Å². The molecule has 7 nitrogen and oxygen atoms in total. The minimum Gasteiger partial charge on any atom is -0.453 e. The first-order valence-corrected chi connectivity index (χ1v) is 12.4. The molecule has 2 N–H and O–H groups in total. The van der Waals surface area contributed by atoms with Crippen molar-refractivity contribution in [1.29, 1.82) is 0 Å². The van der Waals surface area contributed by atoms with E-state index in [0.29, 0.717) is 31.2 Å². The van der Waals surface area contributed by atoms with Crippen molar-refractivity contribution in [2.24, 2.45) is 11.7 Å². The Morgan fingerprint density at radius 1 is 1.16 bits per heavy atom. The number of nitrogens with zero attached hydrogens (tertiary/aromatic N) is 4. The second kappa shape index (κ2) is 9.90. The van der Waals surface area contributed by atoms with Crippen molar-refractivity contribution in [3.63, 3.8) is 0 Å². The van der Waals surface area contributed by atoms with E-state index >= 15 is 0 Å². The number of carbonyl (C=O) groups excluding carboxylic acids is 1. The zero-order valence-corrected chi connectivity index (χ0v) is 19.7. The van der Waals surface area contributed by atoms with Crippen LogP contribution in [0.3, 0.4) is 0 Å². The van der Waals surface area contributed by atoms with E-state index in [9.17, 15) is 4.79 Å². The molecular formula is C24H41N5O2. The first-order chi connectivity index (χ1) is 15.0. The van der Waals surface area contributed by atoms with Crippen LogP contribution in [0.4, 0.5) is 4.79 Å². The number of hydrogen-bond acceptors (Lipinski definition) is 5. The number of likely N-dealkylation sites (tertiary alicyclic amines) is 1. The summed E-state index contributed by atoms with van der Waals surface area (Å²) in [6, 6.07) is 1.43. The summed E-state index contributed by atoms with van der Waals surface area (Å²) in [6.45, 7) is 8.01. The number of ether oxygens (including phenoxy) is 1. The molecule has 1 unspecified atom stereocenters. The largest absolute Gasteiger partial charge is 0.453 e. The molecule has 7 heteroatoms. The lowest BCUT2D eigenvalue weighted by Gasteiger charge is -2.39. The Bertz CT molecular complexity index is 749. The molecule has 31 heavy (non-hydrogen) atoms. The summed E-state index contributed by atoms with van der Waals surface area (Å²) >= 11 is 0. The summed E-state index contributed by atoms with van der Waals surface area (Å²) in [5.74, 6) is 1.82. The summed E-state index contributed by atoms with van der Waals surface area (Å²) in [5.41, 5.74) is 8.99. The Balaban J connectivity index is 1.33. The van der Waals surface area contributed by atoms with Crippen LogP contribution in [-0.2, 0) is 17.7 Å². The van der Waals surface area contributed by atoms with Gasteiger partial charge in [-0.15, -0.1) is 0 Å². The molecule has 0 spiro atoms. The number of fused-ring (bicyclic) bond motifs is 1. The third-order valence-corrected chi connectivity index (χ3v) is 8.02.